The summed E-state index contributed by atoms with van der Waals surface area (Å²) in [5, 5.41) is 2.95. The molecule has 0 saturated heterocycles. The first-order valence-electron chi connectivity index (χ1n) is 14.3. The predicted molar refractivity (Wildman–Crippen MR) is 167 cm³/mol. The first-order chi connectivity index (χ1) is 19.9. The molecule has 0 aliphatic heterocycles. The van der Waals surface area contributed by atoms with Gasteiger partial charge in [0.2, 0.25) is 11.8 Å². The number of amides is 2. The lowest BCUT2D eigenvalue weighted by Gasteiger charge is -2.32. The van der Waals surface area contributed by atoms with Crippen LogP contribution in [0.4, 0.5) is 5.69 Å². The maximum Gasteiger partial charge on any atom is 0.264 e. The maximum atomic E-state index is 14.1. The summed E-state index contributed by atoms with van der Waals surface area (Å²) in [6, 6.07) is 20.0. The van der Waals surface area contributed by atoms with E-state index >= 15 is 0 Å². The normalized spacial score (nSPS) is 12.9. The molecule has 0 aromatic heterocycles. The summed E-state index contributed by atoms with van der Waals surface area (Å²) in [6.45, 7) is 11.1. The van der Waals surface area contributed by atoms with E-state index in [9.17, 15) is 18.0 Å². The van der Waals surface area contributed by atoms with E-state index in [4.69, 9.17) is 4.74 Å². The Kier molecular flexibility index (Phi) is 11.2. The van der Waals surface area contributed by atoms with Gasteiger partial charge in [-0.15, -0.1) is 0 Å². The molecule has 0 spiro atoms. The second-order valence-electron chi connectivity index (χ2n) is 10.9. The summed E-state index contributed by atoms with van der Waals surface area (Å²) in [5.74, 6) is 0.0552. The van der Waals surface area contributed by atoms with Crippen LogP contribution in [0.1, 0.15) is 63.6 Å². The second-order valence-corrected chi connectivity index (χ2v) is 12.8. The average Bonchev–Trinajstić information content (AvgIpc) is 2.98. The minimum absolute atomic E-state index is 0.0772. The Labute approximate surface area is 250 Å². The van der Waals surface area contributed by atoms with Crippen molar-refractivity contribution in [3.8, 4) is 5.75 Å². The number of aryl methyl sites for hydroxylation is 1. The first kappa shape index (κ1) is 32.7. The molecule has 8 nitrogen and oxygen atoms in total. The van der Waals surface area contributed by atoms with Gasteiger partial charge in [0, 0.05) is 12.6 Å². The fourth-order valence-corrected chi connectivity index (χ4v) is 5.82. The number of hydrogen-bond donors (Lipinski definition) is 1. The molecule has 0 bridgehead atoms. The van der Waals surface area contributed by atoms with Gasteiger partial charge in [0.25, 0.3) is 10.0 Å². The molecule has 3 aromatic carbocycles. The first-order valence-corrected chi connectivity index (χ1v) is 15.7. The molecule has 2 unspecified atom stereocenters. The van der Waals surface area contributed by atoms with Crippen LogP contribution in [0.25, 0.3) is 0 Å². The summed E-state index contributed by atoms with van der Waals surface area (Å²) >= 11 is 0. The van der Waals surface area contributed by atoms with Gasteiger partial charge in [-0.3, -0.25) is 13.9 Å². The Hall–Kier alpha value is -3.85. The number of methoxy groups -OCH3 is 1. The summed E-state index contributed by atoms with van der Waals surface area (Å²) < 4.78 is 34.5. The largest absolute Gasteiger partial charge is 0.497 e. The quantitative estimate of drug-likeness (QED) is 0.276. The Balaban J connectivity index is 2.05. The van der Waals surface area contributed by atoms with Crippen molar-refractivity contribution in [1.82, 2.24) is 10.2 Å². The number of nitrogens with zero attached hydrogens (tertiary/aromatic N) is 2. The highest BCUT2D eigenvalue weighted by atomic mass is 32.2. The smallest absolute Gasteiger partial charge is 0.264 e. The van der Waals surface area contributed by atoms with E-state index < -0.39 is 28.5 Å². The van der Waals surface area contributed by atoms with Gasteiger partial charge in [-0.05, 0) is 80.6 Å². The Morgan fingerprint density at radius 3 is 2.14 bits per heavy atom. The number of benzene rings is 3. The number of carbonyl (C=O) groups is 2. The molecule has 9 heteroatoms. The van der Waals surface area contributed by atoms with Crippen molar-refractivity contribution in [2.24, 2.45) is 0 Å². The van der Waals surface area contributed by atoms with E-state index in [1.807, 2.05) is 45.0 Å². The zero-order chi connectivity index (χ0) is 31.0. The number of rotatable bonds is 13. The van der Waals surface area contributed by atoms with Crippen LogP contribution in [0.3, 0.4) is 0 Å². The summed E-state index contributed by atoms with van der Waals surface area (Å²) in [4.78, 5) is 28.8. The number of hydrogen-bond acceptors (Lipinski definition) is 5. The van der Waals surface area contributed by atoms with Crippen molar-refractivity contribution in [3.63, 3.8) is 0 Å². The Bertz CT molecular complexity index is 1450. The Morgan fingerprint density at radius 2 is 1.57 bits per heavy atom. The maximum absolute atomic E-state index is 14.1. The van der Waals surface area contributed by atoms with E-state index in [1.54, 1.807) is 62.6 Å². The number of ether oxygens (including phenoxy) is 1. The molecule has 0 fully saturated rings. The lowest BCUT2D eigenvalue weighted by molar-refractivity contribution is -0.139. The molecule has 0 saturated carbocycles. The van der Waals surface area contributed by atoms with E-state index in [0.717, 1.165) is 27.4 Å². The number of anilines is 1. The van der Waals surface area contributed by atoms with Crippen molar-refractivity contribution < 1.29 is 22.7 Å². The summed E-state index contributed by atoms with van der Waals surface area (Å²) in [7, 11) is -2.56. The molecule has 0 radical (unpaired) electrons. The van der Waals surface area contributed by atoms with Crippen LogP contribution in [0, 0.1) is 6.92 Å². The molecular formula is C33H43N3O5S. The standard InChI is InChI=1S/C33H43N3O5S/c1-8-25(5)34-33(38)26(6)35(21-27-10-9-11-30(20-27)41-7)32(37)22-36(29-16-14-28(15-17-29)23(2)3)42(39,40)31-18-12-24(4)13-19-31/h9-20,23,25-26H,8,21-22H2,1-7H3,(H,34,38). The lowest BCUT2D eigenvalue weighted by atomic mass is 10.0. The topological polar surface area (TPSA) is 96.0 Å². The van der Waals surface area contributed by atoms with Gasteiger partial charge < -0.3 is 15.0 Å². The van der Waals surface area contributed by atoms with Crippen LogP contribution in [0.2, 0.25) is 0 Å². The average molecular weight is 594 g/mol. The molecule has 2 amide bonds. The van der Waals surface area contributed by atoms with Gasteiger partial charge in [0.1, 0.15) is 18.3 Å². The molecule has 226 valence electrons. The summed E-state index contributed by atoms with van der Waals surface area (Å²) in [6.07, 6.45) is 0.733. The van der Waals surface area contributed by atoms with Crippen molar-refractivity contribution in [3.05, 3.63) is 89.5 Å². The molecular weight excluding hydrogens is 550 g/mol. The molecule has 42 heavy (non-hydrogen) atoms. The molecule has 0 aliphatic rings. The third-order valence-electron chi connectivity index (χ3n) is 7.39. The van der Waals surface area contributed by atoms with Crippen LogP contribution in [-0.4, -0.2) is 50.9 Å². The minimum Gasteiger partial charge on any atom is -0.497 e. The van der Waals surface area contributed by atoms with Gasteiger partial charge in [-0.1, -0.05) is 62.7 Å². The highest BCUT2D eigenvalue weighted by Gasteiger charge is 2.33. The van der Waals surface area contributed by atoms with Gasteiger partial charge >= 0.3 is 0 Å². The minimum atomic E-state index is -4.12. The number of carbonyl (C=O) groups excluding carboxylic acids is 2. The SMILES string of the molecule is CCC(C)NC(=O)C(C)N(Cc1cccc(OC)c1)C(=O)CN(c1ccc(C(C)C)cc1)S(=O)(=O)c1ccc(C)cc1. The predicted octanol–water partition coefficient (Wildman–Crippen LogP) is 5.65. The van der Waals surface area contributed by atoms with Crippen LogP contribution >= 0.6 is 0 Å². The van der Waals surface area contributed by atoms with E-state index in [0.29, 0.717) is 11.4 Å². The fraction of sp³-hybridized carbons (Fsp3) is 0.394. The highest BCUT2D eigenvalue weighted by Crippen LogP contribution is 2.27. The zero-order valence-corrected chi connectivity index (χ0v) is 26.4. The van der Waals surface area contributed by atoms with E-state index in [2.05, 4.69) is 19.2 Å². The van der Waals surface area contributed by atoms with E-state index in [1.165, 1.54) is 4.90 Å². The molecule has 1 N–H and O–H groups in total. The van der Waals surface area contributed by atoms with Gasteiger partial charge in [-0.25, -0.2) is 8.42 Å². The highest BCUT2D eigenvalue weighted by molar-refractivity contribution is 7.92. The molecule has 3 aromatic rings. The van der Waals surface area contributed by atoms with E-state index in [-0.39, 0.29) is 29.3 Å². The van der Waals surface area contributed by atoms with Crippen molar-refractivity contribution in [1.29, 1.82) is 0 Å². The van der Waals surface area contributed by atoms with Crippen LogP contribution in [0.5, 0.6) is 5.75 Å². The van der Waals surface area contributed by atoms with Crippen molar-refractivity contribution in [2.45, 2.75) is 77.4 Å². The van der Waals surface area contributed by atoms with Crippen LogP contribution in [0.15, 0.2) is 77.7 Å². The van der Waals surface area contributed by atoms with Gasteiger partial charge in [-0.2, -0.15) is 0 Å². The van der Waals surface area contributed by atoms with Crippen LogP contribution in [-0.2, 0) is 26.2 Å². The Morgan fingerprint density at radius 1 is 0.929 bits per heavy atom. The lowest BCUT2D eigenvalue weighted by Crippen LogP contribution is -2.52. The van der Waals surface area contributed by atoms with Crippen LogP contribution < -0.4 is 14.4 Å². The number of nitrogens with one attached hydrogen (secondary N) is 1. The molecule has 0 heterocycles. The zero-order valence-electron chi connectivity index (χ0n) is 25.6. The third kappa shape index (κ3) is 8.12. The second kappa shape index (κ2) is 14.4. The molecule has 2 atom stereocenters. The monoisotopic (exact) mass is 593 g/mol. The summed E-state index contributed by atoms with van der Waals surface area (Å²) in [5.41, 5.74) is 3.09. The van der Waals surface area contributed by atoms with Crippen molar-refractivity contribution >= 4 is 27.5 Å². The third-order valence-corrected chi connectivity index (χ3v) is 9.18. The van der Waals surface area contributed by atoms with Gasteiger partial charge in [0.05, 0.1) is 17.7 Å². The van der Waals surface area contributed by atoms with Gasteiger partial charge in [0.15, 0.2) is 0 Å². The van der Waals surface area contributed by atoms with Crippen molar-refractivity contribution in [2.75, 3.05) is 18.0 Å². The molecule has 0 aliphatic carbocycles. The molecule has 3 rings (SSSR count). The fourth-order valence-electron chi connectivity index (χ4n) is 4.41. The number of sulfonamides is 1.